The van der Waals surface area contributed by atoms with Crippen molar-refractivity contribution in [2.75, 3.05) is 11.9 Å². The molecule has 1 fully saturated rings. The van der Waals surface area contributed by atoms with Crippen molar-refractivity contribution in [1.29, 1.82) is 0 Å². The van der Waals surface area contributed by atoms with Gasteiger partial charge in [0.05, 0.1) is 6.10 Å². The minimum absolute atomic E-state index is 0.215. The molecule has 2 unspecified atom stereocenters. The Kier molecular flexibility index (Phi) is 3.72. The lowest BCUT2D eigenvalue weighted by Crippen LogP contribution is -2.30. The summed E-state index contributed by atoms with van der Waals surface area (Å²) in [5.41, 5.74) is 0.727. The van der Waals surface area contributed by atoms with E-state index >= 15 is 0 Å². The molecule has 2 N–H and O–H groups in total. The van der Waals surface area contributed by atoms with Crippen LogP contribution >= 0.6 is 0 Å². The first-order valence-electron chi connectivity index (χ1n) is 5.79. The maximum Gasteiger partial charge on any atom is 0.214 e. The molecular weight excluding hydrogens is 207 g/mol. The van der Waals surface area contributed by atoms with Crippen molar-refractivity contribution in [3.05, 3.63) is 24.3 Å². The molecule has 0 aliphatic heterocycles. The molecule has 0 amide bonds. The van der Waals surface area contributed by atoms with Crippen LogP contribution in [0.25, 0.3) is 0 Å². The van der Waals surface area contributed by atoms with Gasteiger partial charge in [-0.15, -0.1) is 0 Å². The molecular formula is C12H17FN2O. The second-order valence-corrected chi connectivity index (χ2v) is 4.36. The number of nitrogens with one attached hydrogen (secondary N) is 1. The van der Waals surface area contributed by atoms with Crippen LogP contribution in [0.5, 0.6) is 0 Å². The summed E-state index contributed by atoms with van der Waals surface area (Å²) in [5.74, 6) is -0.195. The quantitative estimate of drug-likeness (QED) is 0.773. The van der Waals surface area contributed by atoms with E-state index in [2.05, 4.69) is 10.3 Å². The van der Waals surface area contributed by atoms with E-state index in [4.69, 9.17) is 0 Å². The van der Waals surface area contributed by atoms with E-state index in [-0.39, 0.29) is 12.0 Å². The zero-order valence-corrected chi connectivity index (χ0v) is 9.19. The van der Waals surface area contributed by atoms with E-state index < -0.39 is 5.95 Å². The molecule has 1 aromatic rings. The highest BCUT2D eigenvalue weighted by atomic mass is 19.1. The molecule has 0 spiro atoms. The maximum atomic E-state index is 12.8. The highest BCUT2D eigenvalue weighted by molar-refractivity contribution is 5.41. The standard InChI is InChI=1S/C12H17FN2O/c13-12-7-10(5-6-14-12)15-8-9-3-1-2-4-11(9)16/h5-7,9,11,16H,1-4,8H2,(H,14,15). The zero-order chi connectivity index (χ0) is 11.4. The maximum absolute atomic E-state index is 12.8. The molecule has 1 heterocycles. The third-order valence-electron chi connectivity index (χ3n) is 3.16. The Bertz CT molecular complexity index is 346. The molecule has 2 rings (SSSR count). The molecule has 88 valence electrons. The fourth-order valence-corrected chi connectivity index (χ4v) is 2.19. The number of aliphatic hydroxyl groups excluding tert-OH is 1. The van der Waals surface area contributed by atoms with Crippen molar-refractivity contribution in [3.8, 4) is 0 Å². The van der Waals surface area contributed by atoms with E-state index in [0.29, 0.717) is 6.54 Å². The molecule has 16 heavy (non-hydrogen) atoms. The smallest absolute Gasteiger partial charge is 0.214 e. The minimum atomic E-state index is -0.478. The summed E-state index contributed by atoms with van der Waals surface area (Å²) < 4.78 is 12.8. The number of anilines is 1. The average Bonchev–Trinajstić information content (AvgIpc) is 2.28. The molecule has 2 atom stereocenters. The first-order chi connectivity index (χ1) is 7.75. The summed E-state index contributed by atoms with van der Waals surface area (Å²) >= 11 is 0. The van der Waals surface area contributed by atoms with Gasteiger partial charge in [-0.3, -0.25) is 0 Å². The highest BCUT2D eigenvalue weighted by Crippen LogP contribution is 2.24. The normalized spacial score (nSPS) is 25.4. The van der Waals surface area contributed by atoms with Crippen LogP contribution in [-0.4, -0.2) is 22.7 Å². The van der Waals surface area contributed by atoms with Gasteiger partial charge >= 0.3 is 0 Å². The van der Waals surface area contributed by atoms with Crippen molar-refractivity contribution in [3.63, 3.8) is 0 Å². The lowest BCUT2D eigenvalue weighted by Gasteiger charge is -2.27. The largest absolute Gasteiger partial charge is 0.393 e. The van der Waals surface area contributed by atoms with Crippen LogP contribution in [-0.2, 0) is 0 Å². The summed E-state index contributed by atoms with van der Waals surface area (Å²) in [4.78, 5) is 3.49. The molecule has 1 aromatic heterocycles. The van der Waals surface area contributed by atoms with Crippen LogP contribution in [0.3, 0.4) is 0 Å². The summed E-state index contributed by atoms with van der Waals surface area (Å²) in [6.45, 7) is 0.699. The van der Waals surface area contributed by atoms with Crippen LogP contribution in [0.15, 0.2) is 18.3 Å². The van der Waals surface area contributed by atoms with E-state index in [9.17, 15) is 9.50 Å². The number of rotatable bonds is 3. The van der Waals surface area contributed by atoms with Gasteiger partial charge in [0, 0.05) is 30.4 Å². The molecule has 1 saturated carbocycles. The first kappa shape index (κ1) is 11.3. The molecule has 4 heteroatoms. The number of aromatic nitrogens is 1. The zero-order valence-electron chi connectivity index (χ0n) is 9.19. The lowest BCUT2D eigenvalue weighted by molar-refractivity contribution is 0.0763. The van der Waals surface area contributed by atoms with Crippen molar-refractivity contribution in [2.45, 2.75) is 31.8 Å². The first-order valence-corrected chi connectivity index (χ1v) is 5.79. The van der Waals surface area contributed by atoms with Gasteiger partial charge in [-0.2, -0.15) is 4.39 Å². The molecule has 0 aromatic carbocycles. The van der Waals surface area contributed by atoms with Gasteiger partial charge in [0.1, 0.15) is 0 Å². The number of halogens is 1. The predicted octanol–water partition coefficient (Wildman–Crippen LogP) is 2.18. The number of pyridine rings is 1. The van der Waals surface area contributed by atoms with E-state index in [1.165, 1.54) is 18.7 Å². The second kappa shape index (κ2) is 5.25. The van der Waals surface area contributed by atoms with Gasteiger partial charge in [-0.1, -0.05) is 12.8 Å². The van der Waals surface area contributed by atoms with Gasteiger partial charge in [0.25, 0.3) is 0 Å². The SMILES string of the molecule is OC1CCCCC1CNc1ccnc(F)c1. The number of hydrogen-bond donors (Lipinski definition) is 2. The highest BCUT2D eigenvalue weighted by Gasteiger charge is 2.22. The topological polar surface area (TPSA) is 45.1 Å². The van der Waals surface area contributed by atoms with Crippen molar-refractivity contribution in [1.82, 2.24) is 4.98 Å². The molecule has 0 bridgehead atoms. The van der Waals surface area contributed by atoms with Gasteiger partial charge in [0.15, 0.2) is 0 Å². The molecule has 1 aliphatic carbocycles. The predicted molar refractivity (Wildman–Crippen MR) is 60.6 cm³/mol. The third kappa shape index (κ3) is 2.92. The Morgan fingerprint density at radius 1 is 1.44 bits per heavy atom. The van der Waals surface area contributed by atoms with Gasteiger partial charge in [-0.25, -0.2) is 4.98 Å². The van der Waals surface area contributed by atoms with Gasteiger partial charge in [-0.05, 0) is 18.9 Å². The average molecular weight is 224 g/mol. The fraction of sp³-hybridized carbons (Fsp3) is 0.583. The van der Waals surface area contributed by atoms with Crippen LogP contribution < -0.4 is 5.32 Å². The summed E-state index contributed by atoms with van der Waals surface area (Å²) in [7, 11) is 0. The van der Waals surface area contributed by atoms with Crippen molar-refractivity contribution < 1.29 is 9.50 Å². The van der Waals surface area contributed by atoms with Crippen molar-refractivity contribution in [2.24, 2.45) is 5.92 Å². The van der Waals surface area contributed by atoms with Crippen LogP contribution in [0.4, 0.5) is 10.1 Å². The fourth-order valence-electron chi connectivity index (χ4n) is 2.19. The number of hydrogen-bond acceptors (Lipinski definition) is 3. The van der Waals surface area contributed by atoms with E-state index in [1.807, 2.05) is 0 Å². The second-order valence-electron chi connectivity index (χ2n) is 4.36. The Hall–Kier alpha value is -1.16. The Morgan fingerprint density at radius 3 is 3.00 bits per heavy atom. The Labute approximate surface area is 94.7 Å². The summed E-state index contributed by atoms with van der Waals surface area (Å²) in [5, 5.41) is 12.9. The van der Waals surface area contributed by atoms with Crippen LogP contribution in [0.1, 0.15) is 25.7 Å². The minimum Gasteiger partial charge on any atom is -0.393 e. The molecule has 3 nitrogen and oxygen atoms in total. The number of nitrogens with zero attached hydrogens (tertiary/aromatic N) is 1. The van der Waals surface area contributed by atoms with Crippen LogP contribution in [0, 0.1) is 11.9 Å². The van der Waals surface area contributed by atoms with Gasteiger partial charge in [0.2, 0.25) is 5.95 Å². The lowest BCUT2D eigenvalue weighted by atomic mass is 9.86. The third-order valence-corrected chi connectivity index (χ3v) is 3.16. The monoisotopic (exact) mass is 224 g/mol. The molecule has 1 aliphatic rings. The molecule has 0 radical (unpaired) electrons. The van der Waals surface area contributed by atoms with E-state index in [0.717, 1.165) is 24.9 Å². The van der Waals surface area contributed by atoms with Crippen molar-refractivity contribution >= 4 is 5.69 Å². The molecule has 0 saturated heterocycles. The summed E-state index contributed by atoms with van der Waals surface area (Å²) in [6, 6.07) is 3.10. The van der Waals surface area contributed by atoms with Crippen LogP contribution in [0.2, 0.25) is 0 Å². The summed E-state index contributed by atoms with van der Waals surface area (Å²) in [6.07, 6.45) is 5.44. The Morgan fingerprint density at radius 2 is 2.25 bits per heavy atom. The number of aliphatic hydroxyl groups is 1. The van der Waals surface area contributed by atoms with Gasteiger partial charge < -0.3 is 10.4 Å². The Balaban J connectivity index is 1.86. The van der Waals surface area contributed by atoms with E-state index in [1.54, 1.807) is 6.07 Å².